The Morgan fingerprint density at radius 2 is 1.82 bits per heavy atom. The number of likely N-dealkylation sites (N-methyl/N-ethyl adjacent to an activating group) is 1. The van der Waals surface area contributed by atoms with Gasteiger partial charge in [-0.25, -0.2) is 19.9 Å². The summed E-state index contributed by atoms with van der Waals surface area (Å²) in [5.74, 6) is 0.314. The first-order chi connectivity index (χ1) is 19.1. The van der Waals surface area contributed by atoms with Gasteiger partial charge < -0.3 is 19.9 Å². The van der Waals surface area contributed by atoms with Crippen LogP contribution in [0.5, 0.6) is 5.75 Å². The van der Waals surface area contributed by atoms with E-state index in [2.05, 4.69) is 37.1 Å². The summed E-state index contributed by atoms with van der Waals surface area (Å²) >= 11 is 0. The summed E-state index contributed by atoms with van der Waals surface area (Å²) in [7, 11) is 3.24. The normalized spacial score (nSPS) is 14.4. The van der Waals surface area contributed by atoms with E-state index in [-0.39, 0.29) is 17.7 Å². The highest BCUT2D eigenvalue weighted by molar-refractivity contribution is 5.98. The number of piperazine rings is 1. The molecule has 208 valence electrons. The molecule has 0 unspecified atom stereocenters. The third-order valence-corrected chi connectivity index (χ3v) is 6.90. The number of ketones is 1. The SMILES string of the molecule is COc1ccc(C(=O)Cc2ccc(C)c(Nc3ncnc4cnc(N5CCN(C)CC5)nc34)c2)cc1C(F)(F)F. The number of Topliss-reactive ketones (excluding diaryl/α,β-unsaturated/α-hetero) is 1. The van der Waals surface area contributed by atoms with E-state index in [0.717, 1.165) is 51.0 Å². The molecule has 1 aliphatic heterocycles. The number of hydrogen-bond donors (Lipinski definition) is 1. The number of fused-ring (bicyclic) bond motifs is 1. The number of ether oxygens (including phenoxy) is 1. The molecule has 0 spiro atoms. The Labute approximate surface area is 229 Å². The van der Waals surface area contributed by atoms with Crippen LogP contribution in [0.15, 0.2) is 48.9 Å². The second-order valence-corrected chi connectivity index (χ2v) is 9.70. The second kappa shape index (κ2) is 11.0. The number of aromatic nitrogens is 4. The molecule has 3 heterocycles. The molecule has 1 fully saturated rings. The molecule has 0 atom stereocenters. The minimum absolute atomic E-state index is 0.0434. The Balaban J connectivity index is 1.39. The van der Waals surface area contributed by atoms with E-state index in [1.807, 2.05) is 13.0 Å². The van der Waals surface area contributed by atoms with Gasteiger partial charge in [0.25, 0.3) is 0 Å². The fraction of sp³-hybridized carbons (Fsp3) is 0.321. The van der Waals surface area contributed by atoms with Gasteiger partial charge in [0.1, 0.15) is 23.1 Å². The van der Waals surface area contributed by atoms with Gasteiger partial charge in [0.2, 0.25) is 5.95 Å². The third-order valence-electron chi connectivity index (χ3n) is 6.90. The van der Waals surface area contributed by atoms with Gasteiger partial charge in [-0.2, -0.15) is 13.2 Å². The van der Waals surface area contributed by atoms with Gasteiger partial charge in [-0.3, -0.25) is 4.79 Å². The molecule has 4 aromatic rings. The van der Waals surface area contributed by atoms with Crippen molar-refractivity contribution >= 4 is 34.3 Å². The number of halogens is 3. The van der Waals surface area contributed by atoms with Gasteiger partial charge >= 0.3 is 6.18 Å². The molecule has 0 saturated carbocycles. The van der Waals surface area contributed by atoms with Gasteiger partial charge in [0.15, 0.2) is 11.6 Å². The number of alkyl halides is 3. The first-order valence-corrected chi connectivity index (χ1v) is 12.7. The predicted octanol–water partition coefficient (Wildman–Crippen LogP) is 4.68. The number of anilines is 3. The third kappa shape index (κ3) is 5.81. The van der Waals surface area contributed by atoms with Crippen LogP contribution < -0.4 is 15.0 Å². The highest BCUT2D eigenvalue weighted by atomic mass is 19.4. The van der Waals surface area contributed by atoms with Crippen molar-refractivity contribution in [3.63, 3.8) is 0 Å². The average molecular weight is 552 g/mol. The molecule has 5 rings (SSSR count). The lowest BCUT2D eigenvalue weighted by atomic mass is 9.99. The van der Waals surface area contributed by atoms with Crippen LogP contribution in [0.3, 0.4) is 0 Å². The van der Waals surface area contributed by atoms with Gasteiger partial charge in [-0.1, -0.05) is 12.1 Å². The minimum Gasteiger partial charge on any atom is -0.496 e. The summed E-state index contributed by atoms with van der Waals surface area (Å²) in [6, 6.07) is 8.74. The Kier molecular flexibility index (Phi) is 7.53. The summed E-state index contributed by atoms with van der Waals surface area (Å²) in [6.07, 6.45) is -1.63. The number of nitrogens with one attached hydrogen (secondary N) is 1. The molecule has 2 aromatic heterocycles. The molecule has 0 amide bonds. The molecule has 1 N–H and O–H groups in total. The van der Waals surface area contributed by atoms with Crippen LogP contribution >= 0.6 is 0 Å². The Bertz CT molecular complexity index is 1550. The molecule has 1 saturated heterocycles. The zero-order chi connectivity index (χ0) is 28.4. The van der Waals surface area contributed by atoms with E-state index in [0.29, 0.717) is 34.1 Å². The van der Waals surface area contributed by atoms with Crippen LogP contribution in [0.1, 0.15) is 27.0 Å². The molecule has 2 aromatic carbocycles. The second-order valence-electron chi connectivity index (χ2n) is 9.70. The van der Waals surface area contributed by atoms with Crippen LogP contribution in [-0.4, -0.2) is 71.0 Å². The smallest absolute Gasteiger partial charge is 0.419 e. The number of aryl methyl sites for hydroxylation is 1. The average Bonchev–Trinajstić information content (AvgIpc) is 2.94. The summed E-state index contributed by atoms with van der Waals surface area (Å²) in [4.78, 5) is 35.3. The lowest BCUT2D eigenvalue weighted by Crippen LogP contribution is -2.45. The summed E-state index contributed by atoms with van der Waals surface area (Å²) in [5, 5.41) is 3.31. The van der Waals surface area contributed by atoms with E-state index >= 15 is 0 Å². The van der Waals surface area contributed by atoms with Gasteiger partial charge in [0, 0.05) is 43.9 Å². The molecular formula is C28H28F3N7O2. The van der Waals surface area contributed by atoms with E-state index in [1.54, 1.807) is 18.3 Å². The maximum Gasteiger partial charge on any atom is 0.419 e. The molecule has 0 radical (unpaired) electrons. The van der Waals surface area contributed by atoms with Gasteiger partial charge in [-0.15, -0.1) is 0 Å². The maximum atomic E-state index is 13.4. The van der Waals surface area contributed by atoms with Crippen molar-refractivity contribution in [2.45, 2.75) is 19.5 Å². The Hall–Kier alpha value is -4.32. The number of benzene rings is 2. The monoisotopic (exact) mass is 551 g/mol. The standard InChI is InChI=1S/C28H28F3N7O2/c1-17-4-5-18(13-23(39)19-6-7-24(40-3)20(14-19)28(29,30)31)12-21(17)35-26-25-22(33-16-34-26)15-32-27(36-25)38-10-8-37(2)9-11-38/h4-7,12,14-16H,8-11,13H2,1-3H3,(H,33,34,35). The first kappa shape index (κ1) is 27.3. The van der Waals surface area contributed by atoms with Crippen LogP contribution in [0.25, 0.3) is 11.0 Å². The number of methoxy groups -OCH3 is 1. The number of carbonyl (C=O) groups excluding carboxylic acids is 1. The number of rotatable bonds is 7. The largest absolute Gasteiger partial charge is 0.496 e. The minimum atomic E-state index is -4.64. The molecule has 0 aliphatic carbocycles. The van der Waals surface area contributed by atoms with E-state index in [9.17, 15) is 18.0 Å². The van der Waals surface area contributed by atoms with Crippen molar-refractivity contribution in [3.05, 3.63) is 71.2 Å². The highest BCUT2D eigenvalue weighted by Crippen LogP contribution is 2.37. The Morgan fingerprint density at radius 3 is 2.55 bits per heavy atom. The Morgan fingerprint density at radius 1 is 1.05 bits per heavy atom. The fourth-order valence-corrected chi connectivity index (χ4v) is 4.53. The zero-order valence-electron chi connectivity index (χ0n) is 22.3. The van der Waals surface area contributed by atoms with E-state index in [4.69, 9.17) is 9.72 Å². The number of hydrogen-bond acceptors (Lipinski definition) is 9. The van der Waals surface area contributed by atoms with Crippen molar-refractivity contribution in [3.8, 4) is 5.75 Å². The van der Waals surface area contributed by atoms with Gasteiger partial charge in [0.05, 0.1) is 18.9 Å². The maximum absolute atomic E-state index is 13.4. The molecular weight excluding hydrogens is 523 g/mol. The van der Waals surface area contributed by atoms with Crippen molar-refractivity contribution in [2.75, 3.05) is 50.6 Å². The zero-order valence-corrected chi connectivity index (χ0v) is 22.3. The lowest BCUT2D eigenvalue weighted by molar-refractivity contribution is -0.138. The quantitative estimate of drug-likeness (QED) is 0.329. The fourth-order valence-electron chi connectivity index (χ4n) is 4.53. The topological polar surface area (TPSA) is 96.4 Å². The molecule has 1 aliphatic rings. The van der Waals surface area contributed by atoms with Crippen molar-refractivity contribution < 1.29 is 22.7 Å². The summed E-state index contributed by atoms with van der Waals surface area (Å²) in [6.45, 7) is 5.35. The van der Waals surface area contributed by atoms with Crippen LogP contribution in [-0.2, 0) is 12.6 Å². The number of nitrogens with zero attached hydrogens (tertiary/aromatic N) is 6. The van der Waals surface area contributed by atoms with E-state index in [1.165, 1.54) is 12.4 Å². The van der Waals surface area contributed by atoms with Crippen molar-refractivity contribution in [1.29, 1.82) is 0 Å². The molecule has 40 heavy (non-hydrogen) atoms. The first-order valence-electron chi connectivity index (χ1n) is 12.7. The molecule has 12 heteroatoms. The summed E-state index contributed by atoms with van der Waals surface area (Å²) < 4.78 is 45.2. The van der Waals surface area contributed by atoms with E-state index < -0.39 is 17.5 Å². The van der Waals surface area contributed by atoms with Crippen LogP contribution in [0.4, 0.5) is 30.6 Å². The van der Waals surface area contributed by atoms with Gasteiger partial charge in [-0.05, 0) is 49.4 Å². The van der Waals surface area contributed by atoms with Crippen LogP contribution in [0, 0.1) is 6.92 Å². The van der Waals surface area contributed by atoms with Crippen LogP contribution in [0.2, 0.25) is 0 Å². The molecule has 9 nitrogen and oxygen atoms in total. The number of carbonyl (C=O) groups is 1. The lowest BCUT2D eigenvalue weighted by Gasteiger charge is -2.32. The summed E-state index contributed by atoms with van der Waals surface area (Å²) in [5.41, 5.74) is 2.33. The van der Waals surface area contributed by atoms with Crippen molar-refractivity contribution in [1.82, 2.24) is 24.8 Å². The highest BCUT2D eigenvalue weighted by Gasteiger charge is 2.35. The molecule has 0 bridgehead atoms. The predicted molar refractivity (Wildman–Crippen MR) is 145 cm³/mol. The van der Waals surface area contributed by atoms with Crippen molar-refractivity contribution in [2.24, 2.45) is 0 Å².